The van der Waals surface area contributed by atoms with Crippen LogP contribution in [-0.4, -0.2) is 15.0 Å². The first-order valence-corrected chi connectivity index (χ1v) is 19.4. The molecule has 1 aromatic heterocycles. The summed E-state index contributed by atoms with van der Waals surface area (Å²) in [5.74, 6) is 0. The van der Waals surface area contributed by atoms with Crippen molar-refractivity contribution in [3.63, 3.8) is 0 Å². The van der Waals surface area contributed by atoms with Crippen molar-refractivity contribution in [2.24, 2.45) is 0 Å². The molecule has 0 radical (unpaired) electrons. The van der Waals surface area contributed by atoms with Gasteiger partial charge in [-0.05, 0) is 94.7 Å². The Morgan fingerprint density at radius 1 is 0.316 bits per heavy atom. The summed E-state index contributed by atoms with van der Waals surface area (Å²) in [4.78, 5) is 0. The normalized spacial score (nSPS) is 11.5. The van der Waals surface area contributed by atoms with Crippen LogP contribution in [0.25, 0.3) is 105 Å². The van der Waals surface area contributed by atoms with Gasteiger partial charge in [-0.2, -0.15) is 0 Å². The van der Waals surface area contributed by atoms with E-state index < -0.39 is 0 Å². The summed E-state index contributed by atoms with van der Waals surface area (Å²) in [5, 5.41) is 19.4. The Labute approximate surface area is 330 Å². The van der Waals surface area contributed by atoms with E-state index in [4.69, 9.17) is 10.3 Å². The van der Waals surface area contributed by atoms with Crippen LogP contribution < -0.4 is 0 Å². The molecule has 0 unspecified atom stereocenters. The lowest BCUT2D eigenvalue weighted by atomic mass is 9.83. The Balaban J connectivity index is 1.18. The lowest BCUT2D eigenvalue weighted by molar-refractivity contribution is 0.809. The van der Waals surface area contributed by atoms with Crippen LogP contribution in [0.3, 0.4) is 0 Å². The third kappa shape index (κ3) is 5.51. The molecule has 0 fully saturated rings. The highest BCUT2D eigenvalue weighted by Crippen LogP contribution is 2.47. The van der Waals surface area contributed by atoms with Gasteiger partial charge in [0.2, 0.25) is 0 Å². The van der Waals surface area contributed by atoms with E-state index in [9.17, 15) is 0 Å². The Morgan fingerprint density at radius 3 is 1.44 bits per heavy atom. The summed E-state index contributed by atoms with van der Waals surface area (Å²) in [6.07, 6.45) is 0. The van der Waals surface area contributed by atoms with Crippen LogP contribution in [0.15, 0.2) is 212 Å². The summed E-state index contributed by atoms with van der Waals surface area (Å²) in [7, 11) is 0. The van der Waals surface area contributed by atoms with Gasteiger partial charge in [-0.15, -0.1) is 5.10 Å². The van der Waals surface area contributed by atoms with Gasteiger partial charge in [0.1, 0.15) is 11.4 Å². The van der Waals surface area contributed by atoms with Crippen molar-refractivity contribution in [1.29, 1.82) is 0 Å². The molecular formula is C54H35N3. The highest BCUT2D eigenvalue weighted by Gasteiger charge is 2.21. The van der Waals surface area contributed by atoms with Crippen molar-refractivity contribution >= 4 is 43.1 Å². The van der Waals surface area contributed by atoms with Crippen molar-refractivity contribution in [2.75, 3.05) is 0 Å². The Bertz CT molecular complexity index is 3280. The summed E-state index contributed by atoms with van der Waals surface area (Å²) in [6.45, 7) is 0. The van der Waals surface area contributed by atoms with E-state index in [1.54, 1.807) is 0 Å². The average Bonchev–Trinajstić information content (AvgIpc) is 3.74. The first-order chi connectivity index (χ1) is 28.3. The largest absolute Gasteiger partial charge is 0.212 e. The van der Waals surface area contributed by atoms with Crippen LogP contribution in [0.1, 0.15) is 0 Å². The standard InChI is InChI=1S/C54H35N3/c1-3-18-38(19-4-1)53-54(39-20-5-2-6-21-39)57(56-55-53)42-25-13-24-40(34-42)41-32-33-49-50(35-41)52(46-31-15-23-37-17-8-10-27-44(37)46)48-29-12-11-28-47(48)51(49)45-30-14-22-36-16-7-9-26-43(36)45/h1-35H. The minimum atomic E-state index is 0.852. The number of fused-ring (bicyclic) bond motifs is 4. The summed E-state index contributed by atoms with van der Waals surface area (Å²) >= 11 is 0. The number of hydrogen-bond donors (Lipinski definition) is 0. The van der Waals surface area contributed by atoms with Crippen LogP contribution in [-0.2, 0) is 0 Å². The first-order valence-electron chi connectivity index (χ1n) is 19.4. The number of nitrogens with zero attached hydrogens (tertiary/aromatic N) is 3. The van der Waals surface area contributed by atoms with Crippen LogP contribution in [0, 0.1) is 0 Å². The van der Waals surface area contributed by atoms with Gasteiger partial charge >= 0.3 is 0 Å². The minimum Gasteiger partial charge on any atom is -0.212 e. The van der Waals surface area contributed by atoms with Crippen molar-refractivity contribution in [2.45, 2.75) is 0 Å². The second-order valence-electron chi connectivity index (χ2n) is 14.6. The fraction of sp³-hybridized carbons (Fsp3) is 0. The van der Waals surface area contributed by atoms with Gasteiger partial charge in [-0.25, -0.2) is 4.68 Å². The van der Waals surface area contributed by atoms with E-state index in [1.807, 2.05) is 28.9 Å². The maximum absolute atomic E-state index is 4.78. The Kier molecular flexibility index (Phi) is 7.82. The quantitative estimate of drug-likeness (QED) is 0.160. The number of aromatic nitrogens is 3. The van der Waals surface area contributed by atoms with E-state index in [1.165, 1.54) is 65.3 Å². The number of hydrogen-bond acceptors (Lipinski definition) is 2. The molecule has 11 aromatic rings. The number of rotatable bonds is 6. The summed E-state index contributed by atoms with van der Waals surface area (Å²) in [6, 6.07) is 76.2. The fourth-order valence-electron chi connectivity index (χ4n) is 8.75. The molecule has 11 rings (SSSR count). The molecule has 57 heavy (non-hydrogen) atoms. The molecule has 0 amide bonds. The van der Waals surface area contributed by atoms with Gasteiger partial charge < -0.3 is 0 Å². The molecule has 0 saturated heterocycles. The zero-order chi connectivity index (χ0) is 37.7. The smallest absolute Gasteiger partial charge is 0.121 e. The molecule has 0 spiro atoms. The van der Waals surface area contributed by atoms with Gasteiger partial charge in [0.25, 0.3) is 0 Å². The third-order valence-electron chi connectivity index (χ3n) is 11.3. The van der Waals surface area contributed by atoms with Crippen molar-refractivity contribution in [1.82, 2.24) is 15.0 Å². The second kappa shape index (κ2) is 13.6. The van der Waals surface area contributed by atoms with Gasteiger partial charge in [-0.1, -0.05) is 199 Å². The van der Waals surface area contributed by atoms with E-state index in [0.717, 1.165) is 39.3 Å². The predicted molar refractivity (Wildman–Crippen MR) is 239 cm³/mol. The molecular weight excluding hydrogens is 691 g/mol. The maximum atomic E-state index is 4.78. The monoisotopic (exact) mass is 725 g/mol. The molecule has 0 N–H and O–H groups in total. The van der Waals surface area contributed by atoms with Crippen molar-refractivity contribution in [3.05, 3.63) is 212 Å². The van der Waals surface area contributed by atoms with Crippen molar-refractivity contribution < 1.29 is 0 Å². The third-order valence-corrected chi connectivity index (χ3v) is 11.3. The number of benzene rings is 10. The Morgan fingerprint density at radius 2 is 0.789 bits per heavy atom. The maximum Gasteiger partial charge on any atom is 0.121 e. The zero-order valence-electron chi connectivity index (χ0n) is 31.0. The topological polar surface area (TPSA) is 30.7 Å². The van der Waals surface area contributed by atoms with Crippen LogP contribution in [0.2, 0.25) is 0 Å². The molecule has 0 aliphatic heterocycles. The van der Waals surface area contributed by atoms with E-state index in [2.05, 4.69) is 188 Å². The van der Waals surface area contributed by atoms with E-state index in [-0.39, 0.29) is 0 Å². The molecule has 3 heteroatoms. The molecule has 0 bridgehead atoms. The fourth-order valence-corrected chi connectivity index (χ4v) is 8.75. The summed E-state index contributed by atoms with van der Waals surface area (Å²) in [5.41, 5.74) is 12.1. The predicted octanol–water partition coefficient (Wildman–Crippen LogP) is 14.2. The van der Waals surface area contributed by atoms with E-state index in [0.29, 0.717) is 0 Å². The van der Waals surface area contributed by atoms with Crippen LogP contribution >= 0.6 is 0 Å². The lowest BCUT2D eigenvalue weighted by Gasteiger charge is -2.20. The molecule has 0 saturated carbocycles. The molecule has 266 valence electrons. The van der Waals surface area contributed by atoms with E-state index >= 15 is 0 Å². The van der Waals surface area contributed by atoms with Gasteiger partial charge in [0, 0.05) is 11.1 Å². The molecule has 0 aliphatic rings. The highest BCUT2D eigenvalue weighted by atomic mass is 15.4. The highest BCUT2D eigenvalue weighted by molar-refractivity contribution is 6.25. The molecule has 0 atom stereocenters. The zero-order valence-corrected chi connectivity index (χ0v) is 31.0. The van der Waals surface area contributed by atoms with Gasteiger partial charge in [-0.3, -0.25) is 0 Å². The minimum absolute atomic E-state index is 0.852. The molecule has 1 heterocycles. The van der Waals surface area contributed by atoms with Gasteiger partial charge in [0.15, 0.2) is 0 Å². The first kappa shape index (κ1) is 32.8. The SMILES string of the molecule is c1ccc(-c2nnn(-c3cccc(-c4ccc5c(-c6cccc7ccccc67)c6ccccc6c(-c6cccc7ccccc67)c5c4)c3)c2-c2ccccc2)cc1. The van der Waals surface area contributed by atoms with Crippen molar-refractivity contribution in [3.8, 4) is 61.6 Å². The second-order valence-corrected chi connectivity index (χ2v) is 14.6. The molecule has 3 nitrogen and oxygen atoms in total. The van der Waals surface area contributed by atoms with Crippen LogP contribution in [0.5, 0.6) is 0 Å². The average molecular weight is 726 g/mol. The summed E-state index contributed by atoms with van der Waals surface area (Å²) < 4.78 is 1.98. The molecule has 0 aliphatic carbocycles. The Hall–Kier alpha value is -7.62. The molecule has 10 aromatic carbocycles. The lowest BCUT2D eigenvalue weighted by Crippen LogP contribution is -2.00. The van der Waals surface area contributed by atoms with Gasteiger partial charge in [0.05, 0.1) is 5.69 Å². The van der Waals surface area contributed by atoms with Crippen LogP contribution in [0.4, 0.5) is 0 Å².